The molecule has 0 aliphatic rings. The van der Waals surface area contributed by atoms with E-state index >= 15 is 0 Å². The van der Waals surface area contributed by atoms with Gasteiger partial charge < -0.3 is 9.47 Å². The van der Waals surface area contributed by atoms with E-state index in [1.54, 1.807) is 36.4 Å². The molecule has 2 rings (SSSR count). The highest BCUT2D eigenvalue weighted by molar-refractivity contribution is 7.91. The van der Waals surface area contributed by atoms with Gasteiger partial charge in [-0.15, -0.1) is 0 Å². The van der Waals surface area contributed by atoms with Crippen molar-refractivity contribution in [2.75, 3.05) is 12.9 Å². The average Bonchev–Trinajstić information content (AvgIpc) is 2.66. The minimum Gasteiger partial charge on any atom is -0.497 e. The van der Waals surface area contributed by atoms with Crippen molar-refractivity contribution in [2.45, 2.75) is 31.3 Å². The summed E-state index contributed by atoms with van der Waals surface area (Å²) in [5, 5.41) is 0. The fourth-order valence-electron chi connectivity index (χ4n) is 2.38. The Morgan fingerprint density at radius 2 is 1.59 bits per heavy atom. The molecule has 7 heteroatoms. The number of rotatable bonds is 8. The molecule has 0 amide bonds. The number of Topliss-reactive ketones (excluding diaryl/α,β-unsaturated/α-hetero) is 1. The molecular formula is C20H22O6S. The van der Waals surface area contributed by atoms with Crippen LogP contribution < -0.4 is 4.74 Å². The summed E-state index contributed by atoms with van der Waals surface area (Å²) in [6.45, 7) is 3.31. The van der Waals surface area contributed by atoms with Crippen molar-refractivity contribution in [1.29, 1.82) is 0 Å². The van der Waals surface area contributed by atoms with Crippen LogP contribution in [0.15, 0.2) is 53.4 Å². The van der Waals surface area contributed by atoms with Gasteiger partial charge in [-0.1, -0.05) is 17.7 Å². The van der Waals surface area contributed by atoms with E-state index in [2.05, 4.69) is 0 Å². The van der Waals surface area contributed by atoms with Crippen LogP contribution in [0.25, 0.3) is 0 Å². The van der Waals surface area contributed by atoms with Gasteiger partial charge in [-0.05, 0) is 50.2 Å². The number of ketones is 1. The van der Waals surface area contributed by atoms with Crippen molar-refractivity contribution < 1.29 is 27.5 Å². The van der Waals surface area contributed by atoms with Crippen LogP contribution in [0.1, 0.15) is 29.3 Å². The van der Waals surface area contributed by atoms with Crippen LogP contribution in [-0.2, 0) is 19.4 Å². The highest BCUT2D eigenvalue weighted by Gasteiger charge is 2.22. The SMILES string of the molecule is COc1ccc(C(=O)[C@@H](C)OC(=O)CCS(=O)(=O)c2ccc(C)cc2)cc1. The predicted octanol–water partition coefficient (Wildman–Crippen LogP) is 2.98. The Morgan fingerprint density at radius 1 is 1.00 bits per heavy atom. The van der Waals surface area contributed by atoms with Crippen LogP contribution in [0.2, 0.25) is 0 Å². The Bertz CT molecular complexity index is 898. The zero-order chi connectivity index (χ0) is 20.0. The van der Waals surface area contributed by atoms with Gasteiger partial charge in [-0.25, -0.2) is 8.42 Å². The first-order chi connectivity index (χ1) is 12.7. The molecule has 0 aromatic heterocycles. The lowest BCUT2D eigenvalue weighted by Gasteiger charge is -2.13. The number of ether oxygens (including phenoxy) is 2. The zero-order valence-corrected chi connectivity index (χ0v) is 16.3. The van der Waals surface area contributed by atoms with Gasteiger partial charge >= 0.3 is 5.97 Å². The molecule has 2 aromatic carbocycles. The maximum Gasteiger partial charge on any atom is 0.307 e. The molecule has 0 saturated heterocycles. The summed E-state index contributed by atoms with van der Waals surface area (Å²) in [5.74, 6) is -0.872. The third-order valence-corrected chi connectivity index (χ3v) is 5.74. The van der Waals surface area contributed by atoms with Gasteiger partial charge in [0.05, 0.1) is 24.2 Å². The van der Waals surface area contributed by atoms with Crippen molar-refractivity contribution in [3.63, 3.8) is 0 Å². The molecule has 0 saturated carbocycles. The normalized spacial score (nSPS) is 12.3. The standard InChI is InChI=1S/C20H22O6S/c1-14-4-10-18(11-5-14)27(23,24)13-12-19(21)26-15(2)20(22)16-6-8-17(25-3)9-7-16/h4-11,15H,12-13H2,1-3H3/t15-/m1/s1. The van der Waals surface area contributed by atoms with E-state index in [-0.39, 0.29) is 22.9 Å². The van der Waals surface area contributed by atoms with Crippen LogP contribution in [0.3, 0.4) is 0 Å². The number of carbonyl (C=O) groups is 2. The Morgan fingerprint density at radius 3 is 2.15 bits per heavy atom. The van der Waals surface area contributed by atoms with Crippen LogP contribution >= 0.6 is 0 Å². The van der Waals surface area contributed by atoms with Gasteiger partial charge in [-0.2, -0.15) is 0 Å². The van der Waals surface area contributed by atoms with E-state index in [0.717, 1.165) is 5.56 Å². The van der Waals surface area contributed by atoms with E-state index in [0.29, 0.717) is 11.3 Å². The Labute approximate surface area is 159 Å². The second kappa shape index (κ2) is 8.81. The number of esters is 1. The summed E-state index contributed by atoms with van der Waals surface area (Å²) in [5.41, 5.74) is 1.32. The molecule has 0 aliphatic heterocycles. The largest absolute Gasteiger partial charge is 0.497 e. The molecule has 0 aliphatic carbocycles. The maximum atomic E-state index is 12.3. The summed E-state index contributed by atoms with van der Waals surface area (Å²) in [6, 6.07) is 12.8. The monoisotopic (exact) mass is 390 g/mol. The highest BCUT2D eigenvalue weighted by atomic mass is 32.2. The molecule has 0 radical (unpaired) electrons. The summed E-state index contributed by atoms with van der Waals surface area (Å²) in [6.07, 6.45) is -1.33. The first kappa shape index (κ1) is 20.6. The van der Waals surface area contributed by atoms with Crippen LogP contribution in [0, 0.1) is 6.92 Å². The zero-order valence-electron chi connectivity index (χ0n) is 15.5. The Hall–Kier alpha value is -2.67. The fraction of sp³-hybridized carbons (Fsp3) is 0.300. The summed E-state index contributed by atoms with van der Waals surface area (Å²) < 4.78 is 34.6. The average molecular weight is 390 g/mol. The summed E-state index contributed by atoms with van der Waals surface area (Å²) >= 11 is 0. The van der Waals surface area contributed by atoms with Crippen LogP contribution in [0.4, 0.5) is 0 Å². The van der Waals surface area contributed by atoms with E-state index in [1.807, 2.05) is 6.92 Å². The van der Waals surface area contributed by atoms with Crippen molar-refractivity contribution in [2.24, 2.45) is 0 Å². The van der Waals surface area contributed by atoms with Crippen LogP contribution in [0.5, 0.6) is 5.75 Å². The molecule has 2 aromatic rings. The molecular weight excluding hydrogens is 368 g/mol. The Kier molecular flexibility index (Phi) is 6.74. The lowest BCUT2D eigenvalue weighted by Crippen LogP contribution is -2.25. The fourth-order valence-corrected chi connectivity index (χ4v) is 3.60. The number of benzene rings is 2. The van der Waals surface area contributed by atoms with E-state index < -0.39 is 21.9 Å². The number of hydrogen-bond donors (Lipinski definition) is 0. The number of hydrogen-bond acceptors (Lipinski definition) is 6. The van der Waals surface area contributed by atoms with E-state index in [9.17, 15) is 18.0 Å². The van der Waals surface area contributed by atoms with Crippen molar-refractivity contribution in [3.8, 4) is 5.75 Å². The van der Waals surface area contributed by atoms with Crippen LogP contribution in [-0.4, -0.2) is 39.1 Å². The molecule has 144 valence electrons. The quantitative estimate of drug-likeness (QED) is 0.509. The minimum absolute atomic E-state index is 0.156. The van der Waals surface area contributed by atoms with Gasteiger partial charge in [0.25, 0.3) is 0 Å². The summed E-state index contributed by atoms with van der Waals surface area (Å²) in [7, 11) is -2.07. The van der Waals surface area contributed by atoms with Crippen molar-refractivity contribution in [1.82, 2.24) is 0 Å². The molecule has 0 heterocycles. The third kappa shape index (κ3) is 5.65. The van der Waals surface area contributed by atoms with Gasteiger partial charge in [0, 0.05) is 5.56 Å². The Balaban J connectivity index is 1.92. The van der Waals surface area contributed by atoms with Crippen molar-refractivity contribution >= 4 is 21.6 Å². The highest BCUT2D eigenvalue weighted by Crippen LogP contribution is 2.15. The predicted molar refractivity (Wildman–Crippen MR) is 101 cm³/mol. The first-order valence-corrected chi connectivity index (χ1v) is 10.1. The lowest BCUT2D eigenvalue weighted by atomic mass is 10.1. The minimum atomic E-state index is -3.59. The molecule has 0 fully saturated rings. The molecule has 6 nitrogen and oxygen atoms in total. The topological polar surface area (TPSA) is 86.7 Å². The second-order valence-electron chi connectivity index (χ2n) is 6.11. The first-order valence-electron chi connectivity index (χ1n) is 8.40. The van der Waals surface area contributed by atoms with Gasteiger partial charge in [0.2, 0.25) is 5.78 Å². The molecule has 0 bridgehead atoms. The maximum absolute atomic E-state index is 12.3. The number of carbonyl (C=O) groups excluding carboxylic acids is 2. The lowest BCUT2D eigenvalue weighted by molar-refractivity contribution is -0.145. The second-order valence-corrected chi connectivity index (χ2v) is 8.22. The molecule has 0 N–H and O–H groups in total. The van der Waals surface area contributed by atoms with E-state index in [4.69, 9.17) is 9.47 Å². The van der Waals surface area contributed by atoms with Gasteiger partial charge in [0.1, 0.15) is 5.75 Å². The third-order valence-electron chi connectivity index (χ3n) is 4.01. The number of methoxy groups -OCH3 is 1. The summed E-state index contributed by atoms with van der Waals surface area (Å²) in [4.78, 5) is 24.4. The molecule has 27 heavy (non-hydrogen) atoms. The number of aryl methyl sites for hydroxylation is 1. The van der Waals surface area contributed by atoms with E-state index in [1.165, 1.54) is 26.2 Å². The molecule has 0 unspecified atom stereocenters. The van der Waals surface area contributed by atoms with Gasteiger partial charge in [-0.3, -0.25) is 9.59 Å². The smallest absolute Gasteiger partial charge is 0.307 e. The number of sulfone groups is 1. The molecule has 0 spiro atoms. The molecule has 1 atom stereocenters. The van der Waals surface area contributed by atoms with Gasteiger partial charge in [0.15, 0.2) is 15.9 Å². The van der Waals surface area contributed by atoms with Crippen molar-refractivity contribution in [3.05, 3.63) is 59.7 Å².